The van der Waals surface area contributed by atoms with Crippen LogP contribution in [0.15, 0.2) is 36.7 Å². The number of nitrogens with one attached hydrogen (secondary N) is 1. The minimum atomic E-state index is -0.521. The Kier molecular flexibility index (Phi) is 5.87. The van der Waals surface area contributed by atoms with E-state index >= 15 is 0 Å². The van der Waals surface area contributed by atoms with Crippen LogP contribution < -0.4 is 5.32 Å². The Morgan fingerprint density at radius 3 is 2.71 bits per heavy atom. The van der Waals surface area contributed by atoms with Gasteiger partial charge in [0.25, 0.3) is 0 Å². The Balaban J connectivity index is 2.01. The van der Waals surface area contributed by atoms with Gasteiger partial charge in [-0.15, -0.1) is 5.10 Å². The fraction of sp³-hybridized carbons (Fsp3) is 0.467. The summed E-state index contributed by atoms with van der Waals surface area (Å²) in [7, 11) is 0. The zero-order valence-corrected chi connectivity index (χ0v) is 12.3. The van der Waals surface area contributed by atoms with E-state index in [0.29, 0.717) is 6.54 Å². The van der Waals surface area contributed by atoms with Gasteiger partial charge in [-0.3, -0.25) is 4.79 Å². The smallest absolute Gasteiger partial charge is 0.249 e. The lowest BCUT2D eigenvalue weighted by atomic mass is 10.1. The molecule has 2 rings (SSSR count). The largest absolute Gasteiger partial charge is 0.354 e. The average Bonchev–Trinajstić information content (AvgIpc) is 3.02. The van der Waals surface area contributed by atoms with Crippen LogP contribution >= 0.6 is 0 Å². The second-order valence-corrected chi connectivity index (χ2v) is 4.95. The molecule has 0 unspecified atom stereocenters. The Hall–Kier alpha value is -2.24. The highest BCUT2D eigenvalue weighted by Crippen LogP contribution is 2.16. The van der Waals surface area contributed by atoms with E-state index in [-0.39, 0.29) is 5.91 Å². The van der Waals surface area contributed by atoms with Crippen LogP contribution in [0.3, 0.4) is 0 Å². The van der Waals surface area contributed by atoms with E-state index in [4.69, 9.17) is 0 Å². The number of benzene rings is 1. The molecule has 0 bridgehead atoms. The van der Waals surface area contributed by atoms with Crippen molar-refractivity contribution in [2.45, 2.75) is 38.6 Å². The highest BCUT2D eigenvalue weighted by atomic mass is 16.2. The highest BCUT2D eigenvalue weighted by Gasteiger charge is 2.23. The molecule has 0 fully saturated rings. The van der Waals surface area contributed by atoms with E-state index in [9.17, 15) is 4.79 Å². The number of hydrogen-bond acceptors (Lipinski definition) is 4. The van der Waals surface area contributed by atoms with Gasteiger partial charge in [0.1, 0.15) is 6.33 Å². The Morgan fingerprint density at radius 1 is 1.24 bits per heavy atom. The third-order valence-electron chi connectivity index (χ3n) is 3.32. The normalized spacial score (nSPS) is 12.0. The fourth-order valence-electron chi connectivity index (χ4n) is 2.21. The maximum Gasteiger partial charge on any atom is 0.249 e. The first-order valence-electron chi connectivity index (χ1n) is 7.38. The van der Waals surface area contributed by atoms with E-state index < -0.39 is 6.04 Å². The van der Waals surface area contributed by atoms with Gasteiger partial charge in [0, 0.05) is 6.54 Å². The standard InChI is InChI=1S/C15H21N5O/c1-2-3-4-8-11-16-15(21)14(20-12-17-18-19-20)13-9-6-5-7-10-13/h5-7,9-10,12,14H,2-4,8,11H2,1H3,(H,16,21)/t14-/m1/s1. The van der Waals surface area contributed by atoms with Crippen molar-refractivity contribution in [1.82, 2.24) is 25.5 Å². The van der Waals surface area contributed by atoms with Crippen molar-refractivity contribution < 1.29 is 4.79 Å². The van der Waals surface area contributed by atoms with Gasteiger partial charge in [0.2, 0.25) is 5.91 Å². The Bertz CT molecular complexity index is 526. The minimum absolute atomic E-state index is 0.0787. The first kappa shape index (κ1) is 15.2. The van der Waals surface area contributed by atoms with Gasteiger partial charge in [-0.25, -0.2) is 4.68 Å². The summed E-state index contributed by atoms with van der Waals surface area (Å²) in [6.07, 6.45) is 5.99. The Morgan fingerprint density at radius 2 is 2.05 bits per heavy atom. The van der Waals surface area contributed by atoms with Crippen molar-refractivity contribution in [3.05, 3.63) is 42.2 Å². The average molecular weight is 287 g/mol. The van der Waals surface area contributed by atoms with E-state index in [1.807, 2.05) is 30.3 Å². The number of carbonyl (C=O) groups is 1. The maximum absolute atomic E-state index is 12.4. The first-order valence-corrected chi connectivity index (χ1v) is 7.38. The van der Waals surface area contributed by atoms with E-state index in [1.54, 1.807) is 0 Å². The van der Waals surface area contributed by atoms with Gasteiger partial charge in [0.05, 0.1) is 0 Å². The molecular weight excluding hydrogens is 266 g/mol. The molecule has 0 aliphatic carbocycles. The van der Waals surface area contributed by atoms with Crippen LogP contribution in [0, 0.1) is 0 Å². The molecule has 1 heterocycles. The number of rotatable bonds is 8. The van der Waals surface area contributed by atoms with Gasteiger partial charge in [-0.1, -0.05) is 56.5 Å². The van der Waals surface area contributed by atoms with Gasteiger partial charge in [-0.2, -0.15) is 0 Å². The van der Waals surface area contributed by atoms with Gasteiger partial charge >= 0.3 is 0 Å². The molecule has 0 aliphatic rings. The summed E-state index contributed by atoms with van der Waals surface area (Å²) in [6, 6.07) is 9.02. The van der Waals surface area contributed by atoms with Crippen LogP contribution in [-0.4, -0.2) is 32.7 Å². The first-order chi connectivity index (χ1) is 10.3. The SMILES string of the molecule is CCCCCCNC(=O)[C@@H](c1ccccc1)n1cnnn1. The summed E-state index contributed by atoms with van der Waals surface area (Å²) in [5.74, 6) is -0.0787. The lowest BCUT2D eigenvalue weighted by Gasteiger charge is -2.16. The zero-order chi connectivity index (χ0) is 14.9. The number of aromatic nitrogens is 4. The zero-order valence-electron chi connectivity index (χ0n) is 12.3. The number of hydrogen-bond donors (Lipinski definition) is 1. The molecule has 0 radical (unpaired) electrons. The third-order valence-corrected chi connectivity index (χ3v) is 3.32. The van der Waals surface area contributed by atoms with Crippen LogP contribution in [0.4, 0.5) is 0 Å². The van der Waals surface area contributed by atoms with Crippen LogP contribution in [0.25, 0.3) is 0 Å². The summed E-state index contributed by atoms with van der Waals surface area (Å²) in [5, 5.41) is 14.1. The minimum Gasteiger partial charge on any atom is -0.354 e. The topological polar surface area (TPSA) is 72.7 Å². The second-order valence-electron chi connectivity index (χ2n) is 4.95. The van der Waals surface area contributed by atoms with Gasteiger partial charge < -0.3 is 5.32 Å². The summed E-state index contributed by atoms with van der Waals surface area (Å²) < 4.78 is 1.48. The van der Waals surface area contributed by atoms with E-state index in [1.165, 1.54) is 23.9 Å². The monoisotopic (exact) mass is 287 g/mol. The fourth-order valence-corrected chi connectivity index (χ4v) is 2.21. The van der Waals surface area contributed by atoms with Crippen molar-refractivity contribution in [2.75, 3.05) is 6.54 Å². The van der Waals surface area contributed by atoms with Crippen LogP contribution in [0.1, 0.15) is 44.2 Å². The van der Waals surface area contributed by atoms with Crippen molar-refractivity contribution in [3.63, 3.8) is 0 Å². The molecule has 21 heavy (non-hydrogen) atoms. The molecule has 0 spiro atoms. The quantitative estimate of drug-likeness (QED) is 0.753. The lowest BCUT2D eigenvalue weighted by molar-refractivity contribution is -0.123. The predicted octanol–water partition coefficient (Wildman–Crippen LogP) is 1.96. The number of unbranched alkanes of at least 4 members (excludes halogenated alkanes) is 3. The molecular formula is C15H21N5O. The molecule has 2 aromatic rings. The summed E-state index contributed by atoms with van der Waals surface area (Å²) in [5.41, 5.74) is 0.871. The van der Waals surface area contributed by atoms with Crippen LogP contribution in [0.5, 0.6) is 0 Å². The molecule has 0 saturated heterocycles. The third kappa shape index (κ3) is 4.37. The summed E-state index contributed by atoms with van der Waals surface area (Å²) in [4.78, 5) is 12.4. The maximum atomic E-state index is 12.4. The molecule has 6 heteroatoms. The lowest BCUT2D eigenvalue weighted by Crippen LogP contribution is -2.34. The number of carbonyl (C=O) groups excluding carboxylic acids is 1. The van der Waals surface area contributed by atoms with E-state index in [2.05, 4.69) is 27.8 Å². The highest BCUT2D eigenvalue weighted by molar-refractivity contribution is 5.83. The number of amides is 1. The predicted molar refractivity (Wildman–Crippen MR) is 79.5 cm³/mol. The molecule has 1 N–H and O–H groups in total. The molecule has 112 valence electrons. The molecule has 0 aliphatic heterocycles. The second kappa shape index (κ2) is 8.14. The summed E-state index contributed by atoms with van der Waals surface area (Å²) >= 11 is 0. The molecule has 1 amide bonds. The number of tetrazole rings is 1. The van der Waals surface area contributed by atoms with Crippen molar-refractivity contribution >= 4 is 5.91 Å². The van der Waals surface area contributed by atoms with E-state index in [0.717, 1.165) is 18.4 Å². The molecule has 1 atom stereocenters. The van der Waals surface area contributed by atoms with Gasteiger partial charge in [0.15, 0.2) is 6.04 Å². The van der Waals surface area contributed by atoms with Gasteiger partial charge in [-0.05, 0) is 22.4 Å². The molecule has 0 saturated carbocycles. The van der Waals surface area contributed by atoms with Crippen molar-refractivity contribution in [1.29, 1.82) is 0 Å². The Labute approximate surface area is 124 Å². The summed E-state index contributed by atoms with van der Waals surface area (Å²) in [6.45, 7) is 2.85. The van der Waals surface area contributed by atoms with Crippen LogP contribution in [0.2, 0.25) is 0 Å². The van der Waals surface area contributed by atoms with Crippen molar-refractivity contribution in [3.8, 4) is 0 Å². The molecule has 1 aromatic heterocycles. The van der Waals surface area contributed by atoms with Crippen molar-refractivity contribution in [2.24, 2.45) is 0 Å². The van der Waals surface area contributed by atoms with Crippen LogP contribution in [-0.2, 0) is 4.79 Å². The number of nitrogens with zero attached hydrogens (tertiary/aromatic N) is 4. The molecule has 6 nitrogen and oxygen atoms in total. The molecule has 1 aromatic carbocycles.